The Labute approximate surface area is 159 Å². The number of unbranched alkanes of at least 4 members (excludes halogenated alkanes) is 3. The second-order valence-corrected chi connectivity index (χ2v) is 6.93. The fourth-order valence-corrected chi connectivity index (χ4v) is 2.39. The van der Waals surface area contributed by atoms with Crippen molar-refractivity contribution in [2.75, 3.05) is 24.7 Å². The van der Waals surface area contributed by atoms with E-state index >= 15 is 0 Å². The molecule has 0 atom stereocenters. The third-order valence-corrected chi connectivity index (χ3v) is 3.52. The summed E-state index contributed by atoms with van der Waals surface area (Å²) in [5, 5.41) is 4.91. The van der Waals surface area contributed by atoms with E-state index in [4.69, 9.17) is 15.0 Å². The third kappa shape index (κ3) is 8.04. The second kappa shape index (κ2) is 11.1. The van der Waals surface area contributed by atoms with E-state index in [-0.39, 0.29) is 12.3 Å². The van der Waals surface area contributed by atoms with Gasteiger partial charge >= 0.3 is 12.1 Å². The zero-order chi connectivity index (χ0) is 20.3. The predicted molar refractivity (Wildman–Crippen MR) is 102 cm³/mol. The van der Waals surface area contributed by atoms with Gasteiger partial charge in [-0.15, -0.1) is 0 Å². The minimum atomic E-state index is -0.651. The van der Waals surface area contributed by atoms with Gasteiger partial charge in [0, 0.05) is 24.2 Å². The second-order valence-electron chi connectivity index (χ2n) is 6.93. The first-order chi connectivity index (χ1) is 12.8. The number of amides is 1. The normalized spacial score (nSPS) is 10.8. The number of rotatable bonds is 10. The van der Waals surface area contributed by atoms with E-state index in [1.165, 1.54) is 9.69 Å². The van der Waals surface area contributed by atoms with Crippen LogP contribution in [-0.2, 0) is 9.47 Å². The van der Waals surface area contributed by atoms with E-state index in [1.807, 2.05) is 0 Å². The number of hydrogen-bond acceptors (Lipinski definition) is 5. The smallest absolute Gasteiger partial charge is 0.429 e. The molecule has 9 nitrogen and oxygen atoms in total. The first-order valence-electron chi connectivity index (χ1n) is 9.16. The Morgan fingerprint density at radius 3 is 2.59 bits per heavy atom. The molecule has 0 unspecified atom stereocenters. The van der Waals surface area contributed by atoms with Gasteiger partial charge in [-0.1, -0.05) is 18.0 Å². The number of hydrogen-bond donors (Lipinski definition) is 0. The highest BCUT2D eigenvalue weighted by atomic mass is 16.6. The van der Waals surface area contributed by atoms with Gasteiger partial charge in [0.15, 0.2) is 0 Å². The maximum absolute atomic E-state index is 12.7. The van der Waals surface area contributed by atoms with Gasteiger partial charge in [0.1, 0.15) is 11.3 Å². The molecule has 0 bridgehead atoms. The Bertz CT molecular complexity index is 659. The van der Waals surface area contributed by atoms with Crippen molar-refractivity contribution in [3.8, 4) is 0 Å². The molecule has 0 fully saturated rings. The molecular formula is C18H29N5O4. The molecule has 0 N–H and O–H groups in total. The summed E-state index contributed by atoms with van der Waals surface area (Å²) in [4.78, 5) is 27.5. The number of azide groups is 1. The van der Waals surface area contributed by atoms with Crippen molar-refractivity contribution in [3.63, 3.8) is 0 Å². The largest absolute Gasteiger partial charge is 0.461 e. The highest BCUT2D eigenvalue weighted by molar-refractivity contribution is 5.89. The topological polar surface area (TPSA) is 110 Å². The Kier molecular flexibility index (Phi) is 9.22. The zero-order valence-corrected chi connectivity index (χ0v) is 16.6. The van der Waals surface area contributed by atoms with Gasteiger partial charge in [0.2, 0.25) is 0 Å². The van der Waals surface area contributed by atoms with Gasteiger partial charge in [-0.25, -0.2) is 19.3 Å². The SMILES string of the molecule is CCOC(=O)c1cccn1N(CCCCCCN=[N+]=[N-])C(=O)OC(C)(C)C. The molecule has 0 aliphatic carbocycles. The van der Waals surface area contributed by atoms with Crippen LogP contribution in [0.5, 0.6) is 0 Å². The molecule has 1 aromatic rings. The Balaban J connectivity index is 2.83. The minimum Gasteiger partial charge on any atom is -0.461 e. The summed E-state index contributed by atoms with van der Waals surface area (Å²) in [6.07, 6.45) is 4.37. The van der Waals surface area contributed by atoms with E-state index in [0.717, 1.165) is 25.7 Å². The van der Waals surface area contributed by atoms with Crippen LogP contribution in [0.1, 0.15) is 63.9 Å². The molecule has 150 valence electrons. The zero-order valence-electron chi connectivity index (χ0n) is 16.6. The van der Waals surface area contributed by atoms with Crippen molar-refractivity contribution in [2.24, 2.45) is 5.11 Å². The summed E-state index contributed by atoms with van der Waals surface area (Å²) in [5.74, 6) is -0.495. The summed E-state index contributed by atoms with van der Waals surface area (Å²) >= 11 is 0. The van der Waals surface area contributed by atoms with E-state index in [0.29, 0.717) is 13.1 Å². The van der Waals surface area contributed by atoms with Gasteiger partial charge in [-0.2, -0.15) is 0 Å². The predicted octanol–water partition coefficient (Wildman–Crippen LogP) is 4.41. The molecule has 1 amide bonds. The molecule has 0 saturated heterocycles. The van der Waals surface area contributed by atoms with Crippen LogP contribution in [0.4, 0.5) is 4.79 Å². The number of aromatic nitrogens is 1. The molecule has 0 saturated carbocycles. The maximum atomic E-state index is 12.7. The van der Waals surface area contributed by atoms with Crippen LogP contribution in [0.3, 0.4) is 0 Å². The molecule has 0 radical (unpaired) electrons. The number of esters is 1. The molecule has 0 aromatic carbocycles. The van der Waals surface area contributed by atoms with Crippen molar-refractivity contribution in [1.82, 2.24) is 4.68 Å². The van der Waals surface area contributed by atoms with E-state index in [2.05, 4.69) is 10.0 Å². The lowest BCUT2D eigenvalue weighted by molar-refractivity contribution is 0.0495. The number of carbonyl (C=O) groups excluding carboxylic acids is 2. The molecule has 9 heteroatoms. The lowest BCUT2D eigenvalue weighted by Crippen LogP contribution is -2.45. The summed E-state index contributed by atoms with van der Waals surface area (Å²) in [6.45, 7) is 8.21. The average Bonchev–Trinajstić information content (AvgIpc) is 3.05. The average molecular weight is 379 g/mol. The lowest BCUT2D eigenvalue weighted by Gasteiger charge is -2.29. The van der Waals surface area contributed by atoms with Crippen LogP contribution < -0.4 is 5.01 Å². The molecule has 0 aliphatic heterocycles. The Morgan fingerprint density at radius 2 is 1.96 bits per heavy atom. The highest BCUT2D eigenvalue weighted by Crippen LogP contribution is 2.14. The van der Waals surface area contributed by atoms with Gasteiger partial charge in [0.25, 0.3) is 0 Å². The monoisotopic (exact) mass is 379 g/mol. The first-order valence-corrected chi connectivity index (χ1v) is 9.16. The lowest BCUT2D eigenvalue weighted by atomic mass is 10.2. The van der Waals surface area contributed by atoms with E-state index < -0.39 is 17.7 Å². The van der Waals surface area contributed by atoms with Crippen molar-refractivity contribution in [3.05, 3.63) is 34.5 Å². The van der Waals surface area contributed by atoms with Gasteiger partial charge in [-0.05, 0) is 58.2 Å². The molecule has 0 aliphatic rings. The Hall–Kier alpha value is -2.67. The summed E-state index contributed by atoms with van der Waals surface area (Å²) in [5.41, 5.74) is 7.89. The molecule has 27 heavy (non-hydrogen) atoms. The highest BCUT2D eigenvalue weighted by Gasteiger charge is 2.26. The summed E-state index contributed by atoms with van der Waals surface area (Å²) < 4.78 is 12.0. The van der Waals surface area contributed by atoms with Crippen molar-refractivity contribution in [2.45, 2.75) is 59.0 Å². The van der Waals surface area contributed by atoms with Crippen molar-refractivity contribution in [1.29, 1.82) is 0 Å². The van der Waals surface area contributed by atoms with Crippen LogP contribution in [0.2, 0.25) is 0 Å². The molecule has 1 aromatic heterocycles. The molecular weight excluding hydrogens is 350 g/mol. The first kappa shape index (κ1) is 22.4. The third-order valence-electron chi connectivity index (χ3n) is 3.52. The van der Waals surface area contributed by atoms with Gasteiger partial charge in [-0.3, -0.25) is 0 Å². The molecule has 1 rings (SSSR count). The van der Waals surface area contributed by atoms with Crippen molar-refractivity contribution < 1.29 is 19.1 Å². The molecule has 0 spiro atoms. The van der Waals surface area contributed by atoms with Crippen LogP contribution in [0.15, 0.2) is 23.4 Å². The molecule has 1 heterocycles. The maximum Gasteiger partial charge on any atom is 0.429 e. The fourth-order valence-electron chi connectivity index (χ4n) is 2.39. The number of carbonyl (C=O) groups is 2. The van der Waals surface area contributed by atoms with Gasteiger partial charge < -0.3 is 9.47 Å². The van der Waals surface area contributed by atoms with Gasteiger partial charge in [0.05, 0.1) is 6.61 Å². The van der Waals surface area contributed by atoms with E-state index in [1.54, 1.807) is 46.0 Å². The number of ether oxygens (including phenoxy) is 2. The quantitative estimate of drug-likeness (QED) is 0.197. The van der Waals surface area contributed by atoms with Crippen LogP contribution in [0, 0.1) is 0 Å². The van der Waals surface area contributed by atoms with E-state index in [9.17, 15) is 9.59 Å². The number of nitrogens with zero attached hydrogens (tertiary/aromatic N) is 5. The van der Waals surface area contributed by atoms with Crippen LogP contribution in [0.25, 0.3) is 10.4 Å². The van der Waals surface area contributed by atoms with Crippen molar-refractivity contribution >= 4 is 12.1 Å². The fraction of sp³-hybridized carbons (Fsp3) is 0.667. The Morgan fingerprint density at radius 1 is 1.26 bits per heavy atom. The minimum absolute atomic E-state index is 0.252. The standard InChI is InChI=1S/C18H29N5O4/c1-5-26-16(24)15-11-10-14-22(15)23(17(25)27-18(2,3)4)13-9-7-6-8-12-20-21-19/h10-11,14H,5-9,12-13H2,1-4H3. The van der Waals surface area contributed by atoms with Crippen LogP contribution >= 0.6 is 0 Å². The van der Waals surface area contributed by atoms with Crippen LogP contribution in [-0.4, -0.2) is 42.0 Å². The summed E-state index contributed by atoms with van der Waals surface area (Å²) in [6, 6.07) is 3.29. The summed E-state index contributed by atoms with van der Waals surface area (Å²) in [7, 11) is 0.